The Balaban J connectivity index is 1.97. The Bertz CT molecular complexity index is 704. The van der Waals surface area contributed by atoms with Gasteiger partial charge in [0.15, 0.2) is 0 Å². The van der Waals surface area contributed by atoms with Crippen molar-refractivity contribution in [1.82, 2.24) is 9.88 Å². The van der Waals surface area contributed by atoms with Gasteiger partial charge >= 0.3 is 5.97 Å². The summed E-state index contributed by atoms with van der Waals surface area (Å²) in [5, 5.41) is 8.93. The lowest BCUT2D eigenvalue weighted by Gasteiger charge is -2.20. The van der Waals surface area contributed by atoms with Crippen LogP contribution in [-0.4, -0.2) is 40.0 Å². The van der Waals surface area contributed by atoms with E-state index in [2.05, 4.69) is 4.98 Å². The molecule has 6 nitrogen and oxygen atoms in total. The fraction of sp³-hybridized carbons (Fsp3) is 0.316. The molecule has 1 aromatic carbocycles. The monoisotopic (exact) mass is 342 g/mol. The molecule has 0 aliphatic carbocycles. The number of hydrogen-bond donors (Lipinski definition) is 1. The highest BCUT2D eigenvalue weighted by molar-refractivity contribution is 5.83. The van der Waals surface area contributed by atoms with Gasteiger partial charge in [-0.2, -0.15) is 0 Å². The number of aliphatic carboxylic acids is 1. The molecule has 2 aromatic rings. The highest BCUT2D eigenvalue weighted by Gasteiger charge is 2.16. The highest BCUT2D eigenvalue weighted by atomic mass is 16.5. The molecule has 25 heavy (non-hydrogen) atoms. The number of carboxylic acid groups (broad SMARTS) is 1. The van der Waals surface area contributed by atoms with Gasteiger partial charge in [-0.05, 0) is 30.2 Å². The third-order valence-corrected chi connectivity index (χ3v) is 3.55. The van der Waals surface area contributed by atoms with E-state index in [0.29, 0.717) is 25.3 Å². The fourth-order valence-electron chi connectivity index (χ4n) is 2.41. The average molecular weight is 342 g/mol. The number of hydrogen-bond acceptors (Lipinski definition) is 4. The molecule has 1 aromatic heterocycles. The van der Waals surface area contributed by atoms with Crippen LogP contribution in [0.1, 0.15) is 24.5 Å². The van der Waals surface area contributed by atoms with Gasteiger partial charge in [0.25, 0.3) is 0 Å². The summed E-state index contributed by atoms with van der Waals surface area (Å²) in [6, 6.07) is 11.1. The minimum Gasteiger partial charge on any atom is -0.489 e. The molecule has 6 heteroatoms. The number of benzene rings is 1. The molecule has 0 saturated heterocycles. The van der Waals surface area contributed by atoms with Crippen molar-refractivity contribution < 1.29 is 19.4 Å². The largest absolute Gasteiger partial charge is 0.489 e. The number of carboxylic acids is 1. The van der Waals surface area contributed by atoms with E-state index in [1.54, 1.807) is 18.5 Å². The summed E-state index contributed by atoms with van der Waals surface area (Å²) < 4.78 is 5.73. The third-order valence-electron chi connectivity index (χ3n) is 3.55. The van der Waals surface area contributed by atoms with Crippen LogP contribution < -0.4 is 4.74 Å². The number of amides is 1. The van der Waals surface area contributed by atoms with E-state index in [0.717, 1.165) is 11.1 Å². The standard InChI is InChI=1S/C19H22N2O4/c1-2-9-21(13-19(23)24)18(22)11-15-5-3-7-17(10-15)25-14-16-6-4-8-20-12-16/h3-8,10,12H,2,9,11,13-14H2,1H3,(H,23,24). The molecule has 1 N–H and O–H groups in total. The summed E-state index contributed by atoms with van der Waals surface area (Å²) in [5.41, 5.74) is 1.75. The van der Waals surface area contributed by atoms with Crippen molar-refractivity contribution in [1.29, 1.82) is 0 Å². The first-order valence-electron chi connectivity index (χ1n) is 8.18. The number of nitrogens with zero attached hydrogens (tertiary/aromatic N) is 2. The van der Waals surface area contributed by atoms with Crippen LogP contribution in [0.3, 0.4) is 0 Å². The second kappa shape index (κ2) is 9.42. The lowest BCUT2D eigenvalue weighted by molar-refractivity contribution is -0.144. The topological polar surface area (TPSA) is 79.7 Å². The zero-order chi connectivity index (χ0) is 18.1. The third kappa shape index (κ3) is 6.25. The minimum atomic E-state index is -1.00. The first-order valence-corrected chi connectivity index (χ1v) is 8.18. The first kappa shape index (κ1) is 18.4. The van der Waals surface area contributed by atoms with Gasteiger partial charge in [-0.25, -0.2) is 0 Å². The molecule has 2 rings (SSSR count). The Morgan fingerprint density at radius 1 is 1.20 bits per heavy atom. The molecule has 0 bridgehead atoms. The zero-order valence-corrected chi connectivity index (χ0v) is 14.2. The molecule has 0 radical (unpaired) electrons. The van der Waals surface area contributed by atoms with Crippen LogP contribution in [0.5, 0.6) is 5.75 Å². The van der Waals surface area contributed by atoms with Crippen molar-refractivity contribution in [2.75, 3.05) is 13.1 Å². The maximum atomic E-state index is 12.3. The van der Waals surface area contributed by atoms with Crippen molar-refractivity contribution in [2.24, 2.45) is 0 Å². The molecule has 0 aliphatic rings. The molecule has 132 valence electrons. The Hall–Kier alpha value is -2.89. The summed E-state index contributed by atoms with van der Waals surface area (Å²) in [6.45, 7) is 2.47. The van der Waals surface area contributed by atoms with Crippen LogP contribution in [-0.2, 0) is 22.6 Å². The summed E-state index contributed by atoms with van der Waals surface area (Å²) in [4.78, 5) is 28.6. The van der Waals surface area contributed by atoms with Gasteiger partial charge in [0.2, 0.25) is 5.91 Å². The van der Waals surface area contributed by atoms with Gasteiger partial charge in [-0.3, -0.25) is 14.6 Å². The van der Waals surface area contributed by atoms with Crippen LogP contribution in [0.2, 0.25) is 0 Å². The molecule has 0 atom stereocenters. The average Bonchev–Trinajstić information content (AvgIpc) is 2.60. The predicted molar refractivity (Wildman–Crippen MR) is 93.2 cm³/mol. The lowest BCUT2D eigenvalue weighted by atomic mass is 10.1. The van der Waals surface area contributed by atoms with Crippen molar-refractivity contribution >= 4 is 11.9 Å². The highest BCUT2D eigenvalue weighted by Crippen LogP contribution is 2.16. The first-order chi connectivity index (χ1) is 12.1. The van der Waals surface area contributed by atoms with Crippen molar-refractivity contribution in [2.45, 2.75) is 26.4 Å². The quantitative estimate of drug-likeness (QED) is 0.757. The van der Waals surface area contributed by atoms with E-state index in [1.807, 2.05) is 37.3 Å². The second-order valence-corrected chi connectivity index (χ2v) is 5.68. The number of aromatic nitrogens is 1. The van der Waals surface area contributed by atoms with E-state index < -0.39 is 5.97 Å². The smallest absolute Gasteiger partial charge is 0.323 e. The van der Waals surface area contributed by atoms with E-state index in [4.69, 9.17) is 9.84 Å². The molecule has 0 spiro atoms. The fourth-order valence-corrected chi connectivity index (χ4v) is 2.41. The molecule has 0 aliphatic heterocycles. The maximum absolute atomic E-state index is 12.3. The lowest BCUT2D eigenvalue weighted by Crippen LogP contribution is -2.37. The summed E-state index contributed by atoms with van der Waals surface area (Å²) in [5.74, 6) is -0.543. The van der Waals surface area contributed by atoms with Gasteiger partial charge in [-0.1, -0.05) is 25.1 Å². The number of carbonyl (C=O) groups is 2. The number of ether oxygens (including phenoxy) is 1. The molecule has 0 saturated carbocycles. The van der Waals surface area contributed by atoms with Gasteiger partial charge in [0.1, 0.15) is 18.9 Å². The molecule has 0 unspecified atom stereocenters. The van der Waals surface area contributed by atoms with Gasteiger partial charge < -0.3 is 14.7 Å². The maximum Gasteiger partial charge on any atom is 0.323 e. The van der Waals surface area contributed by atoms with E-state index >= 15 is 0 Å². The summed E-state index contributed by atoms with van der Waals surface area (Å²) >= 11 is 0. The van der Waals surface area contributed by atoms with Gasteiger partial charge in [-0.15, -0.1) is 0 Å². The Kier molecular flexibility index (Phi) is 6.95. The Labute approximate surface area is 147 Å². The molecule has 1 amide bonds. The summed E-state index contributed by atoms with van der Waals surface area (Å²) in [7, 11) is 0. The SMILES string of the molecule is CCCN(CC(=O)O)C(=O)Cc1cccc(OCc2cccnc2)c1. The Morgan fingerprint density at radius 3 is 2.68 bits per heavy atom. The van der Waals surface area contributed by atoms with Crippen LogP contribution in [0.15, 0.2) is 48.8 Å². The second-order valence-electron chi connectivity index (χ2n) is 5.68. The molecule has 1 heterocycles. The van der Waals surface area contributed by atoms with E-state index in [1.165, 1.54) is 4.90 Å². The zero-order valence-electron chi connectivity index (χ0n) is 14.2. The predicted octanol–water partition coefficient (Wildman–Crippen LogP) is 2.53. The minimum absolute atomic E-state index is 0.150. The van der Waals surface area contributed by atoms with E-state index in [9.17, 15) is 9.59 Å². The number of carbonyl (C=O) groups excluding carboxylic acids is 1. The number of rotatable bonds is 9. The van der Waals surface area contributed by atoms with Gasteiger partial charge in [0.05, 0.1) is 6.42 Å². The molecular weight excluding hydrogens is 320 g/mol. The number of pyridine rings is 1. The summed E-state index contributed by atoms with van der Waals surface area (Å²) in [6.07, 6.45) is 4.31. The van der Waals surface area contributed by atoms with Crippen LogP contribution in [0, 0.1) is 0 Å². The normalized spacial score (nSPS) is 10.3. The van der Waals surface area contributed by atoms with Crippen LogP contribution in [0.25, 0.3) is 0 Å². The van der Waals surface area contributed by atoms with Crippen molar-refractivity contribution in [3.8, 4) is 5.75 Å². The van der Waals surface area contributed by atoms with Gasteiger partial charge in [0, 0.05) is 24.5 Å². The van der Waals surface area contributed by atoms with Crippen LogP contribution in [0.4, 0.5) is 0 Å². The van der Waals surface area contributed by atoms with Crippen molar-refractivity contribution in [3.63, 3.8) is 0 Å². The molecule has 0 fully saturated rings. The van der Waals surface area contributed by atoms with Crippen LogP contribution >= 0.6 is 0 Å². The molecular formula is C19H22N2O4. The van der Waals surface area contributed by atoms with Crippen molar-refractivity contribution in [3.05, 3.63) is 59.9 Å². The van der Waals surface area contributed by atoms with E-state index in [-0.39, 0.29) is 18.9 Å². The Morgan fingerprint density at radius 2 is 2.00 bits per heavy atom.